The van der Waals surface area contributed by atoms with Gasteiger partial charge in [-0.1, -0.05) is 0 Å². The average molecular weight is 451 g/mol. The number of nitrogens with zero attached hydrogens (tertiary/aromatic N) is 6. The fraction of sp³-hybridized carbons (Fsp3) is 0.280. The molecule has 168 valence electrons. The maximum Gasteiger partial charge on any atom is 0.232 e. The van der Waals surface area contributed by atoms with E-state index in [2.05, 4.69) is 25.9 Å². The van der Waals surface area contributed by atoms with Crippen molar-refractivity contribution in [2.75, 3.05) is 11.9 Å². The van der Waals surface area contributed by atoms with Crippen LogP contribution in [0.3, 0.4) is 0 Å². The van der Waals surface area contributed by atoms with Gasteiger partial charge in [0.05, 0.1) is 58.8 Å². The van der Waals surface area contributed by atoms with Crippen molar-refractivity contribution < 1.29 is 9.53 Å². The van der Waals surface area contributed by atoms with Crippen molar-refractivity contribution in [1.82, 2.24) is 19.5 Å². The fourth-order valence-electron chi connectivity index (χ4n) is 4.54. The predicted octanol–water partition coefficient (Wildman–Crippen LogP) is 3.64. The molecule has 0 saturated carbocycles. The van der Waals surface area contributed by atoms with E-state index in [9.17, 15) is 10.1 Å². The predicted molar refractivity (Wildman–Crippen MR) is 125 cm³/mol. The molecule has 9 nitrogen and oxygen atoms in total. The van der Waals surface area contributed by atoms with Crippen molar-refractivity contribution in [1.29, 1.82) is 10.5 Å². The summed E-state index contributed by atoms with van der Waals surface area (Å²) in [6, 6.07) is 11.3. The fourth-order valence-corrected chi connectivity index (χ4v) is 4.54. The number of anilines is 1. The van der Waals surface area contributed by atoms with E-state index in [-0.39, 0.29) is 24.5 Å². The molecule has 3 aromatic heterocycles. The Hall–Kier alpha value is -4.34. The molecule has 1 aliphatic rings. The number of nitrogens with one attached hydrogen (secondary N) is 1. The van der Waals surface area contributed by atoms with Gasteiger partial charge in [0.25, 0.3) is 0 Å². The van der Waals surface area contributed by atoms with Gasteiger partial charge in [-0.15, -0.1) is 0 Å². The number of benzene rings is 1. The van der Waals surface area contributed by atoms with Gasteiger partial charge < -0.3 is 14.6 Å². The maximum atomic E-state index is 13.0. The van der Waals surface area contributed by atoms with E-state index in [1.54, 1.807) is 18.3 Å². The molecule has 1 N–H and O–H groups in total. The molecule has 9 heteroatoms. The van der Waals surface area contributed by atoms with Gasteiger partial charge in [-0.25, -0.2) is 4.98 Å². The lowest BCUT2D eigenvalue weighted by Gasteiger charge is -2.30. The van der Waals surface area contributed by atoms with Crippen LogP contribution in [-0.2, 0) is 16.0 Å². The Labute approximate surface area is 195 Å². The molecule has 1 saturated heterocycles. The standard InChI is InChI=1S/C25H21N7O2/c1-15-6-19(4-5-34-15)32-23(9-24(33)30-18-7-17(11-27)12-28-13-18)31-22-14-29-21-3-2-16(10-26)8-20(21)25(22)32/h2-3,7-8,12-15,19H,4-6,9H2,1H3,(H,30,33)/t15-,19-/m1/s1. The Morgan fingerprint density at radius 2 is 2.03 bits per heavy atom. The molecular weight excluding hydrogens is 430 g/mol. The minimum atomic E-state index is -0.261. The molecule has 0 radical (unpaired) electrons. The van der Waals surface area contributed by atoms with Crippen molar-refractivity contribution >= 4 is 33.5 Å². The number of ether oxygens (including phenoxy) is 1. The maximum absolute atomic E-state index is 13.0. The average Bonchev–Trinajstić information content (AvgIpc) is 3.22. The van der Waals surface area contributed by atoms with Gasteiger partial charge in [-0.3, -0.25) is 14.8 Å². The van der Waals surface area contributed by atoms with Crippen LogP contribution >= 0.6 is 0 Å². The third kappa shape index (κ3) is 4.05. The topological polar surface area (TPSA) is 130 Å². The lowest BCUT2D eigenvalue weighted by molar-refractivity contribution is -0.115. The summed E-state index contributed by atoms with van der Waals surface area (Å²) in [5.74, 6) is 0.358. The summed E-state index contributed by atoms with van der Waals surface area (Å²) < 4.78 is 7.89. The van der Waals surface area contributed by atoms with Crippen LogP contribution in [-0.4, -0.2) is 38.1 Å². The van der Waals surface area contributed by atoms with Gasteiger partial charge in [0, 0.05) is 24.2 Å². The normalized spacial score (nSPS) is 17.9. The molecule has 4 heterocycles. The summed E-state index contributed by atoms with van der Waals surface area (Å²) in [5, 5.41) is 22.2. The highest BCUT2D eigenvalue weighted by Gasteiger charge is 2.27. The lowest BCUT2D eigenvalue weighted by atomic mass is 10.0. The van der Waals surface area contributed by atoms with Crippen LogP contribution < -0.4 is 5.32 Å². The molecule has 1 fully saturated rings. The highest BCUT2D eigenvalue weighted by Crippen LogP contribution is 2.34. The van der Waals surface area contributed by atoms with Crippen LogP contribution in [0.1, 0.15) is 42.8 Å². The second kappa shape index (κ2) is 8.89. The SMILES string of the molecule is C[C@@H]1C[C@H](n2c(CC(=O)Nc3cncc(C#N)c3)nc3cnc4ccc(C#N)cc4c32)CCO1. The molecule has 0 spiro atoms. The molecule has 0 aliphatic carbocycles. The number of carbonyl (C=O) groups excluding carboxylic acids is 1. The van der Waals surface area contributed by atoms with E-state index in [0.29, 0.717) is 34.8 Å². The summed E-state index contributed by atoms with van der Waals surface area (Å²) in [6.07, 6.45) is 6.36. The zero-order valence-corrected chi connectivity index (χ0v) is 18.5. The molecule has 4 aromatic rings. The second-order valence-corrected chi connectivity index (χ2v) is 8.39. The lowest BCUT2D eigenvalue weighted by Crippen LogP contribution is -2.27. The minimum absolute atomic E-state index is 0.0383. The highest BCUT2D eigenvalue weighted by molar-refractivity contribution is 6.03. The first-order valence-corrected chi connectivity index (χ1v) is 11.0. The molecule has 2 atom stereocenters. The number of nitriles is 2. The smallest absolute Gasteiger partial charge is 0.232 e. The van der Waals surface area contributed by atoms with Gasteiger partial charge in [-0.05, 0) is 44.0 Å². The van der Waals surface area contributed by atoms with Crippen molar-refractivity contribution in [2.24, 2.45) is 0 Å². The summed E-state index contributed by atoms with van der Waals surface area (Å²) in [6.45, 7) is 2.66. The van der Waals surface area contributed by atoms with Gasteiger partial charge >= 0.3 is 0 Å². The molecule has 0 bridgehead atoms. The van der Waals surface area contributed by atoms with Gasteiger partial charge in [0.1, 0.15) is 17.4 Å². The van der Waals surface area contributed by atoms with E-state index < -0.39 is 0 Å². The largest absolute Gasteiger partial charge is 0.378 e. The number of amides is 1. The summed E-state index contributed by atoms with van der Waals surface area (Å²) in [7, 11) is 0. The number of rotatable bonds is 4. The van der Waals surface area contributed by atoms with Gasteiger partial charge in [-0.2, -0.15) is 10.5 Å². The van der Waals surface area contributed by atoms with Crippen molar-refractivity contribution in [3.05, 3.63) is 59.8 Å². The van der Waals surface area contributed by atoms with E-state index >= 15 is 0 Å². The van der Waals surface area contributed by atoms with Gasteiger partial charge in [0.15, 0.2) is 0 Å². The van der Waals surface area contributed by atoms with Crippen LogP contribution in [0.15, 0.2) is 42.9 Å². The Morgan fingerprint density at radius 3 is 2.82 bits per heavy atom. The van der Waals surface area contributed by atoms with E-state index in [1.165, 1.54) is 12.4 Å². The first-order valence-electron chi connectivity index (χ1n) is 11.0. The minimum Gasteiger partial charge on any atom is -0.378 e. The third-order valence-electron chi connectivity index (χ3n) is 6.01. The molecule has 5 rings (SSSR count). The third-order valence-corrected chi connectivity index (χ3v) is 6.01. The van der Waals surface area contributed by atoms with E-state index in [1.807, 2.05) is 25.1 Å². The molecule has 1 amide bonds. The van der Waals surface area contributed by atoms with Gasteiger partial charge in [0.2, 0.25) is 5.91 Å². The van der Waals surface area contributed by atoms with Crippen molar-refractivity contribution in [3.63, 3.8) is 0 Å². The van der Waals surface area contributed by atoms with Crippen LogP contribution in [0.4, 0.5) is 5.69 Å². The number of hydrogen-bond acceptors (Lipinski definition) is 7. The Morgan fingerprint density at radius 1 is 1.18 bits per heavy atom. The first-order chi connectivity index (χ1) is 16.6. The number of aromatic nitrogens is 4. The van der Waals surface area contributed by atoms with Crippen LogP contribution in [0.2, 0.25) is 0 Å². The van der Waals surface area contributed by atoms with Crippen LogP contribution in [0.5, 0.6) is 0 Å². The summed E-state index contributed by atoms with van der Waals surface area (Å²) >= 11 is 0. The molecule has 0 unspecified atom stereocenters. The first kappa shape index (κ1) is 21.5. The monoisotopic (exact) mass is 451 g/mol. The van der Waals surface area contributed by atoms with Crippen LogP contribution in [0, 0.1) is 22.7 Å². The zero-order chi connectivity index (χ0) is 23.7. The number of imidazole rings is 1. The second-order valence-electron chi connectivity index (χ2n) is 8.39. The molecule has 1 aromatic carbocycles. The van der Waals surface area contributed by atoms with Crippen LogP contribution in [0.25, 0.3) is 21.9 Å². The summed E-state index contributed by atoms with van der Waals surface area (Å²) in [5.41, 5.74) is 3.68. The highest BCUT2D eigenvalue weighted by atomic mass is 16.5. The number of hydrogen-bond donors (Lipinski definition) is 1. The Bertz CT molecular complexity index is 1500. The molecule has 34 heavy (non-hydrogen) atoms. The quantitative estimate of drug-likeness (QED) is 0.501. The summed E-state index contributed by atoms with van der Waals surface area (Å²) in [4.78, 5) is 26.3. The number of carbonyl (C=O) groups is 1. The molecule has 1 aliphatic heterocycles. The van der Waals surface area contributed by atoms with E-state index in [0.717, 1.165) is 29.3 Å². The molecular formula is C25H21N7O2. The van der Waals surface area contributed by atoms with Crippen molar-refractivity contribution in [2.45, 2.75) is 38.3 Å². The Kier molecular flexibility index (Phi) is 5.62. The van der Waals surface area contributed by atoms with E-state index in [4.69, 9.17) is 15.0 Å². The Balaban J connectivity index is 1.59. The zero-order valence-electron chi connectivity index (χ0n) is 18.5. The number of fused-ring (bicyclic) bond motifs is 3. The number of pyridine rings is 2. The van der Waals surface area contributed by atoms with Crippen molar-refractivity contribution in [3.8, 4) is 12.1 Å².